The molecule has 4 aromatic rings. The number of thiocarbonyl (C=S) groups is 1. The first-order chi connectivity index (χ1) is 18.4. The zero-order chi connectivity index (χ0) is 26.6. The predicted octanol–water partition coefficient (Wildman–Crippen LogP) is 5.94. The van der Waals surface area contributed by atoms with Crippen LogP contribution in [0.3, 0.4) is 0 Å². The fourth-order valence-electron chi connectivity index (χ4n) is 4.07. The zero-order valence-corrected chi connectivity index (χ0v) is 22.3. The van der Waals surface area contributed by atoms with Crippen molar-refractivity contribution < 1.29 is 18.4 Å². The third-order valence-electron chi connectivity index (χ3n) is 6.05. The first-order valence-electron chi connectivity index (χ1n) is 11.7. The van der Waals surface area contributed by atoms with Crippen LogP contribution in [-0.4, -0.2) is 48.0 Å². The monoisotopic (exact) mass is 568 g/mol. The number of hydrogen-bond donors (Lipinski definition) is 2. The quantitative estimate of drug-likeness (QED) is 0.288. The predicted molar refractivity (Wildman–Crippen MR) is 151 cm³/mol. The van der Waals surface area contributed by atoms with Gasteiger partial charge in [-0.25, -0.2) is 0 Å². The van der Waals surface area contributed by atoms with Crippen molar-refractivity contribution in [2.24, 2.45) is 0 Å². The Morgan fingerprint density at radius 3 is 2.32 bits per heavy atom. The topological polar surface area (TPSA) is 91.0 Å². The summed E-state index contributed by atoms with van der Waals surface area (Å²) in [4.78, 5) is 29.1. The molecule has 1 aliphatic heterocycles. The van der Waals surface area contributed by atoms with Crippen LogP contribution in [0, 0.1) is 0 Å². The van der Waals surface area contributed by atoms with Gasteiger partial charge in [0.15, 0.2) is 16.6 Å². The molecule has 2 N–H and O–H groups in total. The molecular formula is C27H22Cl2N4O4S. The average molecular weight is 569 g/mol. The van der Waals surface area contributed by atoms with Gasteiger partial charge in [0.2, 0.25) is 0 Å². The molecule has 2 aromatic carbocycles. The Bertz CT molecular complexity index is 1460. The second-order valence-electron chi connectivity index (χ2n) is 8.50. The smallest absolute Gasteiger partial charge is 0.293 e. The zero-order valence-electron chi connectivity index (χ0n) is 19.9. The van der Waals surface area contributed by atoms with Crippen LogP contribution in [-0.2, 0) is 0 Å². The van der Waals surface area contributed by atoms with Gasteiger partial charge in [-0.3, -0.25) is 14.9 Å². The Morgan fingerprint density at radius 1 is 0.868 bits per heavy atom. The van der Waals surface area contributed by atoms with E-state index in [1.165, 1.54) is 6.26 Å². The molecule has 1 aliphatic rings. The summed E-state index contributed by atoms with van der Waals surface area (Å²) in [6, 6.07) is 19.4. The molecule has 2 aromatic heterocycles. The lowest BCUT2D eigenvalue weighted by Gasteiger charge is -2.35. The minimum Gasteiger partial charge on any atom is -0.459 e. The number of carbonyl (C=O) groups excluding carboxylic acids is 2. The van der Waals surface area contributed by atoms with E-state index in [-0.39, 0.29) is 16.8 Å². The molecule has 5 rings (SSSR count). The number of carbonyl (C=O) groups is 2. The van der Waals surface area contributed by atoms with Crippen LogP contribution < -0.4 is 15.5 Å². The highest BCUT2D eigenvalue weighted by molar-refractivity contribution is 7.80. The van der Waals surface area contributed by atoms with E-state index in [0.717, 1.165) is 11.4 Å². The van der Waals surface area contributed by atoms with Crippen molar-refractivity contribution in [3.05, 3.63) is 94.6 Å². The van der Waals surface area contributed by atoms with Gasteiger partial charge in [0.05, 0.1) is 16.3 Å². The molecule has 0 saturated carbocycles. The van der Waals surface area contributed by atoms with Gasteiger partial charge in [-0.2, -0.15) is 0 Å². The summed E-state index contributed by atoms with van der Waals surface area (Å²) in [5.74, 6) is 0.373. The Kier molecular flexibility index (Phi) is 7.69. The molecule has 3 heterocycles. The van der Waals surface area contributed by atoms with Crippen LogP contribution >= 0.6 is 35.4 Å². The van der Waals surface area contributed by atoms with Gasteiger partial charge in [0, 0.05) is 43.1 Å². The third-order valence-corrected chi connectivity index (χ3v) is 6.99. The number of nitrogens with one attached hydrogen (secondary N) is 2. The maximum Gasteiger partial charge on any atom is 0.293 e. The third kappa shape index (κ3) is 5.85. The molecule has 8 nitrogen and oxygen atoms in total. The lowest BCUT2D eigenvalue weighted by molar-refractivity contribution is 0.0714. The van der Waals surface area contributed by atoms with Gasteiger partial charge in [-0.15, -0.1) is 0 Å². The van der Waals surface area contributed by atoms with E-state index in [1.807, 2.05) is 24.3 Å². The second-order valence-corrected chi connectivity index (χ2v) is 9.73. The number of amides is 2. The van der Waals surface area contributed by atoms with Crippen molar-refractivity contribution in [3.8, 4) is 11.3 Å². The fourth-order valence-corrected chi connectivity index (χ4v) is 4.58. The number of piperazine rings is 1. The summed E-state index contributed by atoms with van der Waals surface area (Å²) in [7, 11) is 0. The number of rotatable bonds is 5. The highest BCUT2D eigenvalue weighted by atomic mass is 35.5. The molecule has 194 valence electrons. The number of halogens is 2. The first kappa shape index (κ1) is 25.8. The molecule has 11 heteroatoms. The normalized spacial score (nSPS) is 13.3. The van der Waals surface area contributed by atoms with Gasteiger partial charge in [-0.1, -0.05) is 23.2 Å². The van der Waals surface area contributed by atoms with Crippen LogP contribution in [0.15, 0.2) is 81.8 Å². The van der Waals surface area contributed by atoms with E-state index >= 15 is 0 Å². The lowest BCUT2D eigenvalue weighted by Crippen LogP contribution is -2.48. The number of nitrogens with zero attached hydrogens (tertiary/aromatic N) is 2. The van der Waals surface area contributed by atoms with E-state index in [0.29, 0.717) is 53.3 Å². The maximum absolute atomic E-state index is 12.6. The maximum atomic E-state index is 12.6. The SMILES string of the molecule is O=C(NC(=S)Nc1ccc(N2CCN(C(=O)c3ccco3)CC2)cc1)c1ccc(-c2ccc(Cl)c(Cl)c2)o1. The molecule has 38 heavy (non-hydrogen) atoms. The Morgan fingerprint density at radius 2 is 1.63 bits per heavy atom. The molecule has 0 spiro atoms. The van der Waals surface area contributed by atoms with E-state index in [4.69, 9.17) is 44.3 Å². The van der Waals surface area contributed by atoms with E-state index in [1.54, 1.807) is 47.4 Å². The number of anilines is 2. The summed E-state index contributed by atoms with van der Waals surface area (Å²) in [6.07, 6.45) is 1.50. The van der Waals surface area contributed by atoms with Crippen molar-refractivity contribution >= 4 is 63.7 Å². The lowest BCUT2D eigenvalue weighted by atomic mass is 10.2. The van der Waals surface area contributed by atoms with Gasteiger partial charge < -0.3 is 24.0 Å². The standard InChI is InChI=1S/C27H22Cl2N4O4S/c28-20-8-3-17(16-21(20)29)22-9-10-23(37-22)25(34)31-27(38)30-18-4-6-19(7-5-18)32-11-13-33(14-12-32)26(35)24-2-1-15-36-24/h1-10,15-16H,11-14H2,(H2,30,31,34,38). The number of furan rings is 2. The second kappa shape index (κ2) is 11.3. The fraction of sp³-hybridized carbons (Fsp3) is 0.148. The average Bonchev–Trinajstić information content (AvgIpc) is 3.64. The van der Waals surface area contributed by atoms with E-state index < -0.39 is 5.91 Å². The van der Waals surface area contributed by atoms with Crippen LogP contribution in [0.4, 0.5) is 11.4 Å². The van der Waals surface area contributed by atoms with Crippen molar-refractivity contribution in [3.63, 3.8) is 0 Å². The van der Waals surface area contributed by atoms with Gasteiger partial charge in [0.25, 0.3) is 11.8 Å². The molecular weight excluding hydrogens is 547 g/mol. The summed E-state index contributed by atoms with van der Waals surface area (Å²) < 4.78 is 10.9. The highest BCUT2D eigenvalue weighted by Crippen LogP contribution is 2.29. The van der Waals surface area contributed by atoms with E-state index in [2.05, 4.69) is 15.5 Å². The van der Waals surface area contributed by atoms with E-state index in [9.17, 15) is 9.59 Å². The molecule has 0 radical (unpaired) electrons. The van der Waals surface area contributed by atoms with Crippen molar-refractivity contribution in [1.82, 2.24) is 10.2 Å². The Balaban J connectivity index is 1.12. The summed E-state index contributed by atoms with van der Waals surface area (Å²) in [5, 5.41) is 6.59. The summed E-state index contributed by atoms with van der Waals surface area (Å²) >= 11 is 17.3. The van der Waals surface area contributed by atoms with Gasteiger partial charge in [0.1, 0.15) is 5.76 Å². The van der Waals surface area contributed by atoms with Crippen molar-refractivity contribution in [2.75, 3.05) is 36.4 Å². The Labute approximate surface area is 234 Å². The minimum absolute atomic E-state index is 0.0927. The van der Waals surface area contributed by atoms with Crippen LogP contribution in [0.2, 0.25) is 10.0 Å². The summed E-state index contributed by atoms with van der Waals surface area (Å²) in [6.45, 7) is 2.63. The van der Waals surface area contributed by atoms with Gasteiger partial charge in [-0.05, 0) is 78.9 Å². The molecule has 1 saturated heterocycles. The van der Waals surface area contributed by atoms with Gasteiger partial charge >= 0.3 is 0 Å². The molecule has 0 atom stereocenters. The van der Waals surface area contributed by atoms with Crippen molar-refractivity contribution in [2.45, 2.75) is 0 Å². The Hall–Kier alpha value is -3.79. The summed E-state index contributed by atoms with van der Waals surface area (Å²) in [5.41, 5.74) is 2.45. The van der Waals surface area contributed by atoms with Crippen LogP contribution in [0.25, 0.3) is 11.3 Å². The molecule has 0 bridgehead atoms. The first-order valence-corrected chi connectivity index (χ1v) is 12.9. The van der Waals surface area contributed by atoms with Crippen LogP contribution in [0.5, 0.6) is 0 Å². The molecule has 1 fully saturated rings. The minimum atomic E-state index is -0.479. The van der Waals surface area contributed by atoms with Crippen molar-refractivity contribution in [1.29, 1.82) is 0 Å². The molecule has 0 unspecified atom stereocenters. The molecule has 2 amide bonds. The largest absolute Gasteiger partial charge is 0.459 e. The van der Waals surface area contributed by atoms with Crippen LogP contribution in [0.1, 0.15) is 21.1 Å². The number of hydrogen-bond acceptors (Lipinski definition) is 6. The number of benzene rings is 2. The molecule has 0 aliphatic carbocycles. The highest BCUT2D eigenvalue weighted by Gasteiger charge is 2.24.